The summed E-state index contributed by atoms with van der Waals surface area (Å²) >= 11 is 0. The summed E-state index contributed by atoms with van der Waals surface area (Å²) < 4.78 is 10.9. The number of carbonyl (C=O) groups excluding carboxylic acids is 1. The molecule has 1 aliphatic rings. The normalized spacial score (nSPS) is 16.4. The Morgan fingerprint density at radius 2 is 1.81 bits per heavy atom. The third kappa shape index (κ3) is 7.20. The van der Waals surface area contributed by atoms with E-state index in [9.17, 15) is 9.90 Å². The number of piperazine rings is 1. The van der Waals surface area contributed by atoms with E-state index in [0.717, 1.165) is 24.4 Å². The van der Waals surface area contributed by atoms with E-state index in [4.69, 9.17) is 9.47 Å². The summed E-state index contributed by atoms with van der Waals surface area (Å²) in [5.41, 5.74) is 1.13. The molecule has 1 unspecified atom stereocenters. The maximum absolute atomic E-state index is 11.7. The highest BCUT2D eigenvalue weighted by molar-refractivity contribution is 5.67. The zero-order valence-corrected chi connectivity index (χ0v) is 17.5. The molecule has 0 spiro atoms. The van der Waals surface area contributed by atoms with Crippen molar-refractivity contribution in [1.29, 1.82) is 0 Å². The number of benzene rings is 1. The molecular weight excluding hydrogens is 368 g/mol. The van der Waals surface area contributed by atoms with E-state index in [1.807, 2.05) is 25.1 Å². The molecular formula is C20H32ClN2O4-. The lowest BCUT2D eigenvalue weighted by Gasteiger charge is -2.35. The van der Waals surface area contributed by atoms with Crippen LogP contribution in [0.3, 0.4) is 0 Å². The molecule has 1 aromatic carbocycles. The first-order valence-electron chi connectivity index (χ1n) is 9.35. The summed E-state index contributed by atoms with van der Waals surface area (Å²) in [6.07, 6.45) is -0.827. The molecule has 0 bridgehead atoms. The highest BCUT2D eigenvalue weighted by Crippen LogP contribution is 2.30. The summed E-state index contributed by atoms with van der Waals surface area (Å²) in [6.45, 7) is 12.1. The van der Waals surface area contributed by atoms with Crippen molar-refractivity contribution in [3.8, 4) is 5.75 Å². The molecule has 0 radical (unpaired) electrons. The first kappa shape index (κ1) is 23.5. The van der Waals surface area contributed by atoms with Crippen molar-refractivity contribution in [3.05, 3.63) is 29.8 Å². The van der Waals surface area contributed by atoms with Crippen LogP contribution in [-0.4, -0.2) is 73.0 Å². The Hall–Kier alpha value is -1.50. The van der Waals surface area contributed by atoms with E-state index in [0.29, 0.717) is 26.2 Å². The fraction of sp³-hybridized carbons (Fsp3) is 0.650. The van der Waals surface area contributed by atoms with E-state index in [1.165, 1.54) is 0 Å². The fourth-order valence-electron chi connectivity index (χ4n) is 3.08. The van der Waals surface area contributed by atoms with Gasteiger partial charge in [-0.3, -0.25) is 4.90 Å². The molecule has 1 aromatic rings. The van der Waals surface area contributed by atoms with Crippen molar-refractivity contribution in [2.24, 2.45) is 0 Å². The van der Waals surface area contributed by atoms with E-state index in [-0.39, 0.29) is 30.5 Å². The molecule has 27 heavy (non-hydrogen) atoms. The summed E-state index contributed by atoms with van der Waals surface area (Å²) in [6, 6.07) is 7.97. The van der Waals surface area contributed by atoms with Gasteiger partial charge in [0.05, 0.1) is 6.61 Å². The number of β-amino-alcohol motifs (C(OH)–C–C–N with tert-alkyl or cyclic N) is 1. The molecule has 1 N–H and O–H groups in total. The van der Waals surface area contributed by atoms with Crippen molar-refractivity contribution in [2.45, 2.75) is 39.2 Å². The number of nitrogens with zero attached hydrogens (tertiary/aromatic N) is 2. The lowest BCUT2D eigenvalue weighted by Crippen LogP contribution is -3.00. The minimum atomic E-state index is -0.572. The van der Waals surface area contributed by atoms with Crippen molar-refractivity contribution in [3.63, 3.8) is 0 Å². The van der Waals surface area contributed by atoms with Crippen molar-refractivity contribution in [1.82, 2.24) is 9.80 Å². The molecule has 1 saturated heterocycles. The second-order valence-corrected chi connectivity index (χ2v) is 7.70. The molecule has 0 aromatic heterocycles. The van der Waals surface area contributed by atoms with Crippen LogP contribution in [0.4, 0.5) is 4.79 Å². The van der Waals surface area contributed by atoms with Crippen LogP contribution in [0.1, 0.15) is 33.3 Å². The van der Waals surface area contributed by atoms with E-state index >= 15 is 0 Å². The monoisotopic (exact) mass is 399 g/mol. The Bertz CT molecular complexity index is 584. The van der Waals surface area contributed by atoms with Gasteiger partial charge < -0.3 is 31.9 Å². The first-order valence-corrected chi connectivity index (χ1v) is 9.35. The van der Waals surface area contributed by atoms with Crippen LogP contribution in [0.25, 0.3) is 0 Å². The number of halogens is 1. The number of amides is 1. The molecule has 1 amide bonds. The number of hydrogen-bond acceptors (Lipinski definition) is 5. The number of aliphatic hydroxyl groups is 1. The van der Waals surface area contributed by atoms with E-state index < -0.39 is 6.10 Å². The number of ether oxygens (including phenoxy) is 2. The standard InChI is InChI=1S/C20H32N2O4.ClH/c1-5-25-19(24)22-12-10-21(11-13-22)14-16(23)15-26-18-9-7-6-8-17(18)20(2,3)4;/h6-9,16,23H,5,10-15H2,1-4H3;1H/p-1. The molecule has 0 aliphatic carbocycles. The maximum Gasteiger partial charge on any atom is 0.409 e. The second-order valence-electron chi connectivity index (χ2n) is 7.70. The van der Waals surface area contributed by atoms with Gasteiger partial charge in [0.25, 0.3) is 0 Å². The van der Waals surface area contributed by atoms with Gasteiger partial charge in [0.15, 0.2) is 0 Å². The van der Waals surface area contributed by atoms with Gasteiger partial charge in [0, 0.05) is 32.7 Å². The predicted octanol–water partition coefficient (Wildman–Crippen LogP) is -0.498. The summed E-state index contributed by atoms with van der Waals surface area (Å²) in [7, 11) is 0. The molecule has 1 heterocycles. The second kappa shape index (κ2) is 10.7. The number of aliphatic hydroxyl groups excluding tert-OH is 1. The zero-order valence-electron chi connectivity index (χ0n) is 16.8. The molecule has 1 atom stereocenters. The smallest absolute Gasteiger partial charge is 0.409 e. The molecule has 7 heteroatoms. The number of hydrogen-bond donors (Lipinski definition) is 1. The van der Waals surface area contributed by atoms with Gasteiger partial charge in [-0.1, -0.05) is 39.0 Å². The van der Waals surface area contributed by atoms with Crippen LogP contribution in [0, 0.1) is 0 Å². The van der Waals surface area contributed by atoms with Crippen LogP contribution in [0.5, 0.6) is 5.75 Å². The van der Waals surface area contributed by atoms with Crippen molar-refractivity contribution >= 4 is 6.09 Å². The molecule has 1 fully saturated rings. The Labute approximate surface area is 168 Å². The summed E-state index contributed by atoms with van der Waals surface area (Å²) in [5.74, 6) is 0.825. The van der Waals surface area contributed by atoms with Crippen LogP contribution in [-0.2, 0) is 10.2 Å². The highest BCUT2D eigenvalue weighted by Gasteiger charge is 2.24. The maximum atomic E-state index is 11.7. The third-order valence-electron chi connectivity index (χ3n) is 4.49. The van der Waals surface area contributed by atoms with Gasteiger partial charge in [0.1, 0.15) is 18.5 Å². The largest absolute Gasteiger partial charge is 1.00 e. The molecule has 154 valence electrons. The van der Waals surface area contributed by atoms with E-state index in [2.05, 4.69) is 31.7 Å². The van der Waals surface area contributed by atoms with Gasteiger partial charge in [-0.05, 0) is 24.0 Å². The topological polar surface area (TPSA) is 62.2 Å². The Kier molecular flexibility index (Phi) is 9.36. The minimum absolute atomic E-state index is 0. The zero-order chi connectivity index (χ0) is 19.2. The Balaban J connectivity index is 0.00000364. The van der Waals surface area contributed by atoms with Gasteiger partial charge >= 0.3 is 6.09 Å². The van der Waals surface area contributed by atoms with Crippen LogP contribution in [0.15, 0.2) is 24.3 Å². The number of rotatable bonds is 6. The van der Waals surface area contributed by atoms with Gasteiger partial charge in [-0.2, -0.15) is 0 Å². The average Bonchev–Trinajstić information content (AvgIpc) is 2.60. The summed E-state index contributed by atoms with van der Waals surface area (Å²) in [5, 5.41) is 10.3. The van der Waals surface area contributed by atoms with Gasteiger partial charge in [-0.15, -0.1) is 0 Å². The SMILES string of the molecule is CCOC(=O)N1CCN(CC(O)COc2ccccc2C(C)(C)C)CC1.[Cl-]. The van der Waals surface area contributed by atoms with Gasteiger partial charge in [-0.25, -0.2) is 4.79 Å². The first-order chi connectivity index (χ1) is 12.3. The fourth-order valence-corrected chi connectivity index (χ4v) is 3.08. The quantitative estimate of drug-likeness (QED) is 0.699. The molecule has 6 nitrogen and oxygen atoms in total. The molecule has 0 saturated carbocycles. The molecule has 2 rings (SSSR count). The van der Waals surface area contributed by atoms with Crippen molar-refractivity contribution in [2.75, 3.05) is 45.9 Å². The lowest BCUT2D eigenvalue weighted by molar-refractivity contribution is -0.0000200. The van der Waals surface area contributed by atoms with E-state index in [1.54, 1.807) is 4.90 Å². The van der Waals surface area contributed by atoms with Crippen molar-refractivity contribution < 1.29 is 31.8 Å². The minimum Gasteiger partial charge on any atom is -1.00 e. The number of para-hydroxylation sites is 1. The lowest BCUT2D eigenvalue weighted by atomic mass is 9.86. The summed E-state index contributed by atoms with van der Waals surface area (Å²) in [4.78, 5) is 15.6. The predicted molar refractivity (Wildman–Crippen MR) is 102 cm³/mol. The Morgan fingerprint density at radius 1 is 1.19 bits per heavy atom. The Morgan fingerprint density at radius 3 is 2.41 bits per heavy atom. The highest BCUT2D eigenvalue weighted by atomic mass is 35.5. The average molecular weight is 400 g/mol. The van der Waals surface area contributed by atoms with Crippen LogP contribution < -0.4 is 17.1 Å². The van der Waals surface area contributed by atoms with Gasteiger partial charge in [0.2, 0.25) is 0 Å². The molecule has 1 aliphatic heterocycles. The van der Waals surface area contributed by atoms with Crippen LogP contribution >= 0.6 is 0 Å². The van der Waals surface area contributed by atoms with Crippen LogP contribution in [0.2, 0.25) is 0 Å². The third-order valence-corrected chi connectivity index (χ3v) is 4.49. The number of carbonyl (C=O) groups is 1.